The lowest BCUT2D eigenvalue weighted by Gasteiger charge is -2.34. The lowest BCUT2D eigenvalue weighted by Crippen LogP contribution is -2.45. The van der Waals surface area contributed by atoms with Gasteiger partial charge in [-0.3, -0.25) is 24.6 Å². The molecule has 0 bridgehead atoms. The van der Waals surface area contributed by atoms with Gasteiger partial charge in [0.05, 0.1) is 22.2 Å². The molecule has 1 aromatic carbocycles. The molecule has 220 valence electrons. The summed E-state index contributed by atoms with van der Waals surface area (Å²) in [5.74, 6) is -1.18. The van der Waals surface area contributed by atoms with E-state index in [9.17, 15) is 32.5 Å². The fourth-order valence-corrected chi connectivity index (χ4v) is 6.82. The van der Waals surface area contributed by atoms with Gasteiger partial charge in [0.2, 0.25) is 10.0 Å². The molecular weight excluding hydrogens is 557 g/mol. The summed E-state index contributed by atoms with van der Waals surface area (Å²) in [6.07, 6.45) is 2.06. The largest absolute Gasteiger partial charge is 0.444 e. The zero-order valence-electron chi connectivity index (χ0n) is 22.9. The van der Waals surface area contributed by atoms with Gasteiger partial charge in [-0.1, -0.05) is 12.1 Å². The summed E-state index contributed by atoms with van der Waals surface area (Å²) in [6, 6.07) is 8.89. The van der Waals surface area contributed by atoms with Gasteiger partial charge in [-0.05, 0) is 64.5 Å². The highest BCUT2D eigenvalue weighted by Gasteiger charge is 2.38. The number of nitrogens with zero attached hydrogens (tertiary/aromatic N) is 3. The third-order valence-electron chi connectivity index (χ3n) is 6.94. The molecule has 2 N–H and O–H groups in total. The maximum absolute atomic E-state index is 14.1. The number of nitro groups is 1. The van der Waals surface area contributed by atoms with Crippen molar-refractivity contribution in [2.75, 3.05) is 4.72 Å². The van der Waals surface area contributed by atoms with E-state index in [0.29, 0.717) is 31.2 Å². The van der Waals surface area contributed by atoms with E-state index in [1.807, 2.05) is 0 Å². The Kier molecular flexibility index (Phi) is 8.61. The number of nitrogens with one attached hydrogen (secondary N) is 2. The Morgan fingerprint density at radius 2 is 1.88 bits per heavy atom. The Labute approximate surface area is 236 Å². The van der Waals surface area contributed by atoms with Gasteiger partial charge >= 0.3 is 6.09 Å². The zero-order valence-corrected chi connectivity index (χ0v) is 23.7. The van der Waals surface area contributed by atoms with Crippen LogP contribution in [0, 0.1) is 21.8 Å². The molecule has 2 heterocycles. The van der Waals surface area contributed by atoms with Crippen molar-refractivity contribution in [3.05, 3.63) is 74.9 Å². The number of hydrogen-bond acceptors (Lipinski definition) is 8. The number of carbonyl (C=O) groups excluding carboxylic acids is 1. The van der Waals surface area contributed by atoms with Gasteiger partial charge in [-0.25, -0.2) is 17.6 Å². The van der Waals surface area contributed by atoms with Crippen LogP contribution in [0.3, 0.4) is 0 Å². The molecule has 0 aliphatic heterocycles. The first-order chi connectivity index (χ1) is 19.2. The minimum Gasteiger partial charge on any atom is -0.444 e. The molecule has 1 amide bonds. The first-order valence-electron chi connectivity index (χ1n) is 13.1. The molecule has 0 radical (unpaired) electrons. The third kappa shape index (κ3) is 7.37. The van der Waals surface area contributed by atoms with Gasteiger partial charge in [0.15, 0.2) is 0 Å². The number of nitro benzene ring substituents is 1. The average Bonchev–Trinajstić information content (AvgIpc) is 2.87. The number of benzene rings is 1. The highest BCUT2D eigenvalue weighted by Crippen LogP contribution is 2.34. The van der Waals surface area contributed by atoms with Crippen LogP contribution < -0.4 is 15.6 Å². The van der Waals surface area contributed by atoms with Crippen LogP contribution in [0.2, 0.25) is 0 Å². The molecule has 1 aliphatic rings. The molecule has 0 spiro atoms. The highest BCUT2D eigenvalue weighted by molar-refractivity contribution is 7.93. The average molecular weight is 590 g/mol. The fraction of sp³-hybridized carbons (Fsp3) is 0.444. The molecule has 1 unspecified atom stereocenters. The number of sulfonamides is 1. The Morgan fingerprint density at radius 1 is 1.20 bits per heavy atom. The first-order valence-corrected chi connectivity index (χ1v) is 14.7. The van der Waals surface area contributed by atoms with Crippen molar-refractivity contribution < 1.29 is 27.3 Å². The quantitative estimate of drug-likeness (QED) is 0.290. The summed E-state index contributed by atoms with van der Waals surface area (Å²) < 4.78 is 50.7. The van der Waals surface area contributed by atoms with E-state index in [4.69, 9.17) is 4.74 Å². The lowest BCUT2D eigenvalue weighted by atomic mass is 9.83. The number of fused-ring (bicyclic) bond motifs is 1. The standard InChI is InChI=1S/C27H32FN5O7S/c1-27(2,3)40-26(35)30-19-10-8-17(9-11-19)24(41(38,39)31-21-6-4-5-7-22(21)33(36)37)16-32-23-14-18(28)15-29-20(23)12-13-25(32)34/h4-7,12-15,17,19,24,31H,8-11,16H2,1-3H3,(H,30,35). The van der Waals surface area contributed by atoms with Crippen LogP contribution in [0.5, 0.6) is 0 Å². The maximum atomic E-state index is 14.1. The van der Waals surface area contributed by atoms with Gasteiger partial charge in [-0.2, -0.15) is 0 Å². The van der Waals surface area contributed by atoms with Crippen molar-refractivity contribution in [1.29, 1.82) is 0 Å². The minimum atomic E-state index is -4.33. The summed E-state index contributed by atoms with van der Waals surface area (Å²) in [5, 5.41) is 13.1. The van der Waals surface area contributed by atoms with Gasteiger partial charge < -0.3 is 14.6 Å². The molecular formula is C27H32FN5O7S. The molecule has 1 saturated carbocycles. The second-order valence-electron chi connectivity index (χ2n) is 11.1. The second-order valence-corrected chi connectivity index (χ2v) is 13.0. The van der Waals surface area contributed by atoms with Crippen LogP contribution in [-0.2, 0) is 21.3 Å². The Balaban J connectivity index is 1.66. The Morgan fingerprint density at radius 3 is 2.54 bits per heavy atom. The van der Waals surface area contributed by atoms with Crippen LogP contribution in [0.1, 0.15) is 46.5 Å². The number of hydrogen-bond donors (Lipinski definition) is 2. The van der Waals surface area contributed by atoms with Crippen molar-refractivity contribution in [2.45, 2.75) is 69.9 Å². The minimum absolute atomic E-state index is 0.128. The molecule has 1 atom stereocenters. The number of para-hydroxylation sites is 2. The van der Waals surface area contributed by atoms with Crippen molar-refractivity contribution in [3.8, 4) is 0 Å². The van der Waals surface area contributed by atoms with Crippen molar-refractivity contribution in [2.24, 2.45) is 5.92 Å². The van der Waals surface area contributed by atoms with Crippen molar-refractivity contribution in [3.63, 3.8) is 0 Å². The number of ether oxygens (including phenoxy) is 1. The number of pyridine rings is 2. The van der Waals surface area contributed by atoms with E-state index >= 15 is 0 Å². The zero-order chi connectivity index (χ0) is 29.9. The van der Waals surface area contributed by atoms with Gasteiger partial charge in [-0.15, -0.1) is 0 Å². The number of carbonyl (C=O) groups is 1. The maximum Gasteiger partial charge on any atom is 0.407 e. The predicted octanol–water partition coefficient (Wildman–Crippen LogP) is 4.34. The van der Waals surface area contributed by atoms with Crippen LogP contribution >= 0.6 is 0 Å². The molecule has 3 aromatic rings. The first kappa shape index (κ1) is 29.9. The molecule has 14 heteroatoms. The number of anilines is 1. The normalized spacial score (nSPS) is 18.4. The lowest BCUT2D eigenvalue weighted by molar-refractivity contribution is -0.383. The van der Waals surface area contributed by atoms with E-state index in [1.165, 1.54) is 41.0 Å². The SMILES string of the molecule is CC(C)(C)OC(=O)NC1CCC(C(Cn2c(=O)ccc3ncc(F)cc32)S(=O)(=O)Nc2ccccc2[N+](=O)[O-])CC1. The van der Waals surface area contributed by atoms with Gasteiger partial charge in [0.1, 0.15) is 22.4 Å². The van der Waals surface area contributed by atoms with E-state index in [-0.39, 0.29) is 23.8 Å². The van der Waals surface area contributed by atoms with E-state index in [2.05, 4.69) is 15.0 Å². The van der Waals surface area contributed by atoms with Gasteiger partial charge in [0.25, 0.3) is 11.2 Å². The summed E-state index contributed by atoms with van der Waals surface area (Å²) in [5.41, 5.74) is -1.42. The Hall–Kier alpha value is -4.07. The molecule has 41 heavy (non-hydrogen) atoms. The molecule has 0 saturated heterocycles. The number of alkyl carbamates (subject to hydrolysis) is 1. The smallest absolute Gasteiger partial charge is 0.407 e. The molecule has 12 nitrogen and oxygen atoms in total. The topological polar surface area (TPSA) is 163 Å². The summed E-state index contributed by atoms with van der Waals surface area (Å²) in [7, 11) is -4.33. The number of aromatic nitrogens is 2. The molecule has 1 fully saturated rings. The van der Waals surface area contributed by atoms with E-state index in [1.54, 1.807) is 20.8 Å². The molecule has 1 aliphatic carbocycles. The monoisotopic (exact) mass is 589 g/mol. The number of rotatable bonds is 8. The highest BCUT2D eigenvalue weighted by atomic mass is 32.2. The summed E-state index contributed by atoms with van der Waals surface area (Å²) >= 11 is 0. The van der Waals surface area contributed by atoms with Gasteiger partial charge in [0, 0.05) is 30.8 Å². The van der Waals surface area contributed by atoms with Crippen LogP contribution in [0.15, 0.2) is 53.5 Å². The van der Waals surface area contributed by atoms with Crippen molar-refractivity contribution >= 4 is 38.5 Å². The fourth-order valence-electron chi connectivity index (χ4n) is 5.07. The molecule has 4 rings (SSSR count). The van der Waals surface area contributed by atoms with Crippen LogP contribution in [0.4, 0.5) is 20.6 Å². The predicted molar refractivity (Wildman–Crippen MR) is 151 cm³/mol. The second kappa shape index (κ2) is 11.8. The van der Waals surface area contributed by atoms with E-state index < -0.39 is 54.9 Å². The van der Waals surface area contributed by atoms with Crippen LogP contribution in [-0.4, -0.2) is 45.9 Å². The van der Waals surface area contributed by atoms with Crippen LogP contribution in [0.25, 0.3) is 11.0 Å². The summed E-state index contributed by atoms with van der Waals surface area (Å²) in [4.78, 5) is 40.0. The summed E-state index contributed by atoms with van der Waals surface area (Å²) in [6.45, 7) is 4.91. The number of halogens is 1. The third-order valence-corrected chi connectivity index (χ3v) is 8.77. The van der Waals surface area contributed by atoms with Crippen molar-refractivity contribution in [1.82, 2.24) is 14.9 Å². The Bertz CT molecular complexity index is 1610. The number of amides is 1. The molecule has 2 aromatic heterocycles. The van der Waals surface area contributed by atoms with E-state index in [0.717, 1.165) is 12.3 Å².